The van der Waals surface area contributed by atoms with E-state index in [1.165, 1.54) is 6.20 Å². The number of rotatable bonds is 2. The number of hydrogen-bond donors (Lipinski definition) is 2. The Hall–Kier alpha value is -0.940. The summed E-state index contributed by atoms with van der Waals surface area (Å²) in [6.45, 7) is 0. The van der Waals surface area contributed by atoms with Gasteiger partial charge in [-0.3, -0.25) is 0 Å². The van der Waals surface area contributed by atoms with Gasteiger partial charge in [0.25, 0.3) is 0 Å². The maximum absolute atomic E-state index is 10.3. The molecule has 0 radical (unpaired) electrons. The third-order valence-corrected chi connectivity index (χ3v) is 1.72. The minimum absolute atomic E-state index is 0.104. The topological polar surface area (TPSA) is 76.2 Å². The van der Waals surface area contributed by atoms with Crippen molar-refractivity contribution >= 4 is 16.9 Å². The van der Waals surface area contributed by atoms with Crippen LogP contribution in [0.5, 0.6) is 0 Å². The van der Waals surface area contributed by atoms with Crippen molar-refractivity contribution in [3.8, 4) is 0 Å². The van der Waals surface area contributed by atoms with Crippen LogP contribution in [0, 0.1) is 0 Å². The Bertz CT molecular complexity index is 260. The van der Waals surface area contributed by atoms with Crippen LogP contribution >= 0.6 is 0 Å². The summed E-state index contributed by atoms with van der Waals surface area (Å²) in [6.07, 6.45) is 1.49. The van der Waals surface area contributed by atoms with E-state index >= 15 is 0 Å². The number of pyridine rings is 1. The SMILES string of the molecule is Nc1ccc(CS(=O)O)cn1. The summed E-state index contributed by atoms with van der Waals surface area (Å²) >= 11 is -1.80. The number of nitrogens with two attached hydrogens (primary N) is 1. The third kappa shape index (κ3) is 2.65. The normalized spacial score (nSPS) is 12.8. The maximum Gasteiger partial charge on any atom is 0.157 e. The van der Waals surface area contributed by atoms with E-state index in [2.05, 4.69) is 4.98 Å². The lowest BCUT2D eigenvalue weighted by atomic mass is 10.3. The first-order valence-corrected chi connectivity index (χ1v) is 4.24. The molecular formula is C6H8N2O2S. The fourth-order valence-electron chi connectivity index (χ4n) is 0.664. The molecule has 0 amide bonds. The maximum atomic E-state index is 10.3. The molecule has 0 saturated carbocycles. The van der Waals surface area contributed by atoms with Crippen molar-refractivity contribution < 1.29 is 8.76 Å². The van der Waals surface area contributed by atoms with Crippen LogP contribution in [0.4, 0.5) is 5.82 Å². The van der Waals surface area contributed by atoms with E-state index in [1.54, 1.807) is 12.1 Å². The van der Waals surface area contributed by atoms with Crippen molar-refractivity contribution in [1.29, 1.82) is 0 Å². The van der Waals surface area contributed by atoms with E-state index in [9.17, 15) is 4.21 Å². The molecule has 0 aromatic carbocycles. The van der Waals surface area contributed by atoms with Crippen molar-refractivity contribution in [1.82, 2.24) is 4.98 Å². The zero-order chi connectivity index (χ0) is 8.27. The highest BCUT2D eigenvalue weighted by molar-refractivity contribution is 7.78. The van der Waals surface area contributed by atoms with Gasteiger partial charge < -0.3 is 10.3 Å². The second-order valence-corrected chi connectivity index (χ2v) is 2.99. The van der Waals surface area contributed by atoms with Gasteiger partial charge in [-0.1, -0.05) is 6.07 Å². The summed E-state index contributed by atoms with van der Waals surface area (Å²) in [5.74, 6) is 0.519. The molecule has 0 aliphatic rings. The fourth-order valence-corrected chi connectivity index (χ4v) is 1.12. The summed E-state index contributed by atoms with van der Waals surface area (Å²) in [7, 11) is 0. The summed E-state index contributed by atoms with van der Waals surface area (Å²) in [4.78, 5) is 3.76. The quantitative estimate of drug-likeness (QED) is 0.632. The summed E-state index contributed by atoms with van der Waals surface area (Å²) in [6, 6.07) is 3.28. The molecular weight excluding hydrogens is 164 g/mol. The lowest BCUT2D eigenvalue weighted by Crippen LogP contribution is -1.95. The molecule has 0 bridgehead atoms. The largest absolute Gasteiger partial charge is 0.384 e. The molecule has 0 aliphatic carbocycles. The highest BCUT2D eigenvalue weighted by Gasteiger charge is 1.96. The molecule has 1 heterocycles. The summed E-state index contributed by atoms with van der Waals surface area (Å²) in [5.41, 5.74) is 6.02. The molecule has 0 aliphatic heterocycles. The number of anilines is 1. The minimum atomic E-state index is -1.80. The van der Waals surface area contributed by atoms with Crippen LogP contribution in [0.1, 0.15) is 5.56 Å². The minimum Gasteiger partial charge on any atom is -0.384 e. The molecule has 0 spiro atoms. The number of nitrogen functional groups attached to an aromatic ring is 1. The van der Waals surface area contributed by atoms with Crippen LogP contribution in [0.25, 0.3) is 0 Å². The Balaban J connectivity index is 2.74. The molecule has 11 heavy (non-hydrogen) atoms. The van der Waals surface area contributed by atoms with Gasteiger partial charge in [-0.2, -0.15) is 0 Å². The lowest BCUT2D eigenvalue weighted by molar-refractivity contribution is 0.563. The Morgan fingerprint density at radius 1 is 1.64 bits per heavy atom. The number of aromatic nitrogens is 1. The van der Waals surface area contributed by atoms with E-state index in [0.29, 0.717) is 11.4 Å². The third-order valence-electron chi connectivity index (χ3n) is 1.14. The second-order valence-electron chi connectivity index (χ2n) is 2.06. The van der Waals surface area contributed by atoms with E-state index in [1.807, 2.05) is 0 Å². The van der Waals surface area contributed by atoms with Gasteiger partial charge in [0, 0.05) is 6.20 Å². The van der Waals surface area contributed by atoms with Gasteiger partial charge in [0.1, 0.15) is 5.82 Å². The molecule has 1 rings (SSSR count). The van der Waals surface area contributed by atoms with Gasteiger partial charge in [0.05, 0.1) is 5.75 Å². The molecule has 5 heteroatoms. The van der Waals surface area contributed by atoms with Crippen LogP contribution < -0.4 is 5.73 Å². The Labute approximate surface area is 66.7 Å². The van der Waals surface area contributed by atoms with Crippen LogP contribution in [-0.2, 0) is 16.8 Å². The molecule has 60 valence electrons. The molecule has 1 aromatic rings. The van der Waals surface area contributed by atoms with Gasteiger partial charge in [-0.25, -0.2) is 9.19 Å². The van der Waals surface area contributed by atoms with E-state index in [0.717, 1.165) is 0 Å². The summed E-state index contributed by atoms with van der Waals surface area (Å²) < 4.78 is 18.8. The van der Waals surface area contributed by atoms with Gasteiger partial charge >= 0.3 is 0 Å². The van der Waals surface area contributed by atoms with Crippen molar-refractivity contribution in [2.75, 3.05) is 5.73 Å². The van der Waals surface area contributed by atoms with E-state index in [4.69, 9.17) is 10.3 Å². The van der Waals surface area contributed by atoms with Crippen molar-refractivity contribution in [3.05, 3.63) is 23.9 Å². The standard InChI is InChI=1S/C6H8N2O2S/c7-6-2-1-5(3-8-6)4-11(9)10/h1-3H,4H2,(H2,7,8)(H,9,10). The first kappa shape index (κ1) is 8.16. The lowest BCUT2D eigenvalue weighted by Gasteiger charge is -1.95. The van der Waals surface area contributed by atoms with E-state index < -0.39 is 11.1 Å². The van der Waals surface area contributed by atoms with Crippen LogP contribution in [0.3, 0.4) is 0 Å². The molecule has 1 atom stereocenters. The van der Waals surface area contributed by atoms with E-state index in [-0.39, 0.29) is 5.75 Å². The zero-order valence-corrected chi connectivity index (χ0v) is 6.54. The van der Waals surface area contributed by atoms with Crippen LogP contribution in [-0.4, -0.2) is 13.7 Å². The Morgan fingerprint density at radius 3 is 2.82 bits per heavy atom. The molecule has 1 unspecified atom stereocenters. The monoisotopic (exact) mass is 172 g/mol. The average molecular weight is 172 g/mol. The van der Waals surface area contributed by atoms with Gasteiger partial charge in [0.15, 0.2) is 11.1 Å². The number of nitrogens with zero attached hydrogens (tertiary/aromatic N) is 1. The van der Waals surface area contributed by atoms with Gasteiger partial charge in [-0.05, 0) is 11.6 Å². The Kier molecular flexibility index (Phi) is 2.56. The molecule has 0 fully saturated rings. The molecule has 4 nitrogen and oxygen atoms in total. The Morgan fingerprint density at radius 2 is 2.36 bits per heavy atom. The first-order valence-electron chi connectivity index (χ1n) is 2.96. The highest BCUT2D eigenvalue weighted by atomic mass is 32.2. The van der Waals surface area contributed by atoms with Gasteiger partial charge in [0.2, 0.25) is 0 Å². The molecule has 1 aromatic heterocycles. The van der Waals surface area contributed by atoms with Crippen LogP contribution in [0.15, 0.2) is 18.3 Å². The fraction of sp³-hybridized carbons (Fsp3) is 0.167. The number of hydrogen-bond acceptors (Lipinski definition) is 3. The smallest absolute Gasteiger partial charge is 0.157 e. The predicted molar refractivity (Wildman–Crippen MR) is 43.1 cm³/mol. The van der Waals surface area contributed by atoms with Crippen molar-refractivity contribution in [2.24, 2.45) is 0 Å². The summed E-state index contributed by atoms with van der Waals surface area (Å²) in [5, 5.41) is 0. The first-order chi connectivity index (χ1) is 5.18. The predicted octanol–water partition coefficient (Wildman–Crippen LogP) is 0.385. The van der Waals surface area contributed by atoms with Crippen molar-refractivity contribution in [2.45, 2.75) is 5.75 Å². The zero-order valence-electron chi connectivity index (χ0n) is 5.73. The second kappa shape index (κ2) is 3.45. The van der Waals surface area contributed by atoms with Crippen molar-refractivity contribution in [3.63, 3.8) is 0 Å². The highest BCUT2D eigenvalue weighted by Crippen LogP contribution is 2.02. The molecule has 3 N–H and O–H groups in total. The van der Waals surface area contributed by atoms with Gasteiger partial charge in [-0.15, -0.1) is 0 Å². The average Bonchev–Trinajstić information content (AvgIpc) is 1.93. The molecule has 0 saturated heterocycles. The van der Waals surface area contributed by atoms with Crippen LogP contribution in [0.2, 0.25) is 0 Å².